The molecule has 3 nitrogen and oxygen atoms in total. The molecule has 1 heterocycles. The van der Waals surface area contributed by atoms with Crippen molar-refractivity contribution in [1.82, 2.24) is 10.3 Å². The number of aromatic nitrogens is 1. The van der Waals surface area contributed by atoms with Gasteiger partial charge in [-0.1, -0.05) is 33.1 Å². The molecular weight excluding hydrogens is 260 g/mol. The van der Waals surface area contributed by atoms with E-state index < -0.39 is 0 Å². The Morgan fingerprint density at radius 3 is 2.86 bits per heavy atom. The van der Waals surface area contributed by atoms with E-state index in [0.717, 1.165) is 37.8 Å². The molecule has 0 bridgehead atoms. The second-order valence-electron chi connectivity index (χ2n) is 6.11. The molecule has 1 fully saturated rings. The van der Waals surface area contributed by atoms with Gasteiger partial charge >= 0.3 is 0 Å². The number of pyridine rings is 1. The molecule has 1 saturated carbocycles. The monoisotopic (exact) mass is 290 g/mol. The van der Waals surface area contributed by atoms with Crippen molar-refractivity contribution in [3.8, 4) is 5.75 Å². The van der Waals surface area contributed by atoms with Gasteiger partial charge in [-0.05, 0) is 55.8 Å². The molecule has 1 aromatic heterocycles. The molecule has 118 valence electrons. The Morgan fingerprint density at radius 1 is 1.19 bits per heavy atom. The summed E-state index contributed by atoms with van der Waals surface area (Å²) in [5, 5.41) is 3.54. The first-order valence-electron chi connectivity index (χ1n) is 8.63. The van der Waals surface area contributed by atoms with Gasteiger partial charge in [-0.15, -0.1) is 0 Å². The second kappa shape index (κ2) is 9.04. The fourth-order valence-corrected chi connectivity index (χ4v) is 3.33. The van der Waals surface area contributed by atoms with Gasteiger partial charge in [-0.25, -0.2) is 0 Å². The average Bonchev–Trinajstić information content (AvgIpc) is 2.76. The zero-order valence-electron chi connectivity index (χ0n) is 13.6. The lowest BCUT2D eigenvalue weighted by molar-refractivity contribution is 0.314. The van der Waals surface area contributed by atoms with Crippen LogP contribution in [0.4, 0.5) is 0 Å². The number of rotatable bonds is 7. The molecule has 0 spiro atoms. The van der Waals surface area contributed by atoms with Crippen LogP contribution in [-0.2, 0) is 0 Å². The fraction of sp³-hybridized carbons (Fsp3) is 0.722. The highest BCUT2D eigenvalue weighted by Crippen LogP contribution is 2.37. The summed E-state index contributed by atoms with van der Waals surface area (Å²) < 4.78 is 5.76. The SMILES string of the molecule is CCCOc1cncc(C2CCCCCC2CNCC)c1. The summed E-state index contributed by atoms with van der Waals surface area (Å²) in [6.45, 7) is 7.28. The van der Waals surface area contributed by atoms with E-state index in [2.05, 4.69) is 30.2 Å². The molecule has 1 aliphatic carbocycles. The fourth-order valence-electron chi connectivity index (χ4n) is 3.33. The van der Waals surface area contributed by atoms with Gasteiger partial charge < -0.3 is 10.1 Å². The van der Waals surface area contributed by atoms with Gasteiger partial charge in [-0.2, -0.15) is 0 Å². The summed E-state index contributed by atoms with van der Waals surface area (Å²) in [6.07, 6.45) is 11.6. The van der Waals surface area contributed by atoms with Gasteiger partial charge in [0, 0.05) is 6.20 Å². The molecule has 1 aromatic rings. The minimum Gasteiger partial charge on any atom is -0.492 e. The highest BCUT2D eigenvalue weighted by molar-refractivity contribution is 5.27. The maximum atomic E-state index is 5.76. The van der Waals surface area contributed by atoms with Crippen LogP contribution in [0.3, 0.4) is 0 Å². The third kappa shape index (κ3) is 4.99. The van der Waals surface area contributed by atoms with E-state index in [0.29, 0.717) is 5.92 Å². The molecule has 1 N–H and O–H groups in total. The molecule has 2 rings (SSSR count). The minimum absolute atomic E-state index is 0.629. The number of hydrogen-bond donors (Lipinski definition) is 1. The molecule has 0 aliphatic heterocycles. The maximum absolute atomic E-state index is 5.76. The topological polar surface area (TPSA) is 34.1 Å². The number of ether oxygens (including phenoxy) is 1. The first-order chi connectivity index (χ1) is 10.3. The lowest BCUT2D eigenvalue weighted by atomic mass is 9.83. The first kappa shape index (κ1) is 16.3. The van der Waals surface area contributed by atoms with Crippen molar-refractivity contribution in [3.63, 3.8) is 0 Å². The van der Waals surface area contributed by atoms with E-state index in [9.17, 15) is 0 Å². The predicted molar refractivity (Wildman–Crippen MR) is 87.9 cm³/mol. The van der Waals surface area contributed by atoms with Crippen LogP contribution in [0, 0.1) is 5.92 Å². The standard InChI is InChI=1S/C18H30N2O/c1-3-10-21-17-11-16(13-20-14-17)18-9-7-5-6-8-15(18)12-19-4-2/h11,13-15,18-19H,3-10,12H2,1-2H3. The van der Waals surface area contributed by atoms with Gasteiger partial charge in [0.25, 0.3) is 0 Å². The highest BCUT2D eigenvalue weighted by atomic mass is 16.5. The normalized spacial score (nSPS) is 22.8. The van der Waals surface area contributed by atoms with Crippen LogP contribution < -0.4 is 10.1 Å². The Morgan fingerprint density at radius 2 is 2.05 bits per heavy atom. The Kier molecular flexibility index (Phi) is 7.01. The molecule has 0 radical (unpaired) electrons. The highest BCUT2D eigenvalue weighted by Gasteiger charge is 2.25. The molecule has 0 saturated heterocycles. The smallest absolute Gasteiger partial charge is 0.137 e. The Labute approximate surface area is 129 Å². The summed E-state index contributed by atoms with van der Waals surface area (Å²) in [5.74, 6) is 2.29. The molecule has 2 unspecified atom stereocenters. The minimum atomic E-state index is 0.629. The molecule has 0 aromatic carbocycles. The van der Waals surface area contributed by atoms with E-state index in [1.807, 2.05) is 12.4 Å². The molecule has 3 heteroatoms. The van der Waals surface area contributed by atoms with E-state index in [1.165, 1.54) is 37.7 Å². The lowest BCUT2D eigenvalue weighted by Gasteiger charge is -2.26. The van der Waals surface area contributed by atoms with Gasteiger partial charge in [0.2, 0.25) is 0 Å². The third-order valence-corrected chi connectivity index (χ3v) is 4.45. The molecule has 1 aliphatic rings. The predicted octanol–water partition coefficient (Wildman–Crippen LogP) is 4.14. The molecule has 2 atom stereocenters. The summed E-state index contributed by atoms with van der Waals surface area (Å²) >= 11 is 0. The van der Waals surface area contributed by atoms with E-state index in [1.54, 1.807) is 0 Å². The Balaban J connectivity index is 2.10. The van der Waals surface area contributed by atoms with Crippen molar-refractivity contribution in [2.24, 2.45) is 5.92 Å². The van der Waals surface area contributed by atoms with E-state index in [4.69, 9.17) is 4.74 Å². The summed E-state index contributed by atoms with van der Waals surface area (Å²) in [7, 11) is 0. The quantitative estimate of drug-likeness (QED) is 0.766. The molecule has 21 heavy (non-hydrogen) atoms. The van der Waals surface area contributed by atoms with Gasteiger partial charge in [-0.3, -0.25) is 4.98 Å². The van der Waals surface area contributed by atoms with Crippen LogP contribution in [0.2, 0.25) is 0 Å². The van der Waals surface area contributed by atoms with Crippen molar-refractivity contribution in [1.29, 1.82) is 0 Å². The zero-order chi connectivity index (χ0) is 14.9. The Hall–Kier alpha value is -1.09. The average molecular weight is 290 g/mol. The van der Waals surface area contributed by atoms with Crippen LogP contribution in [-0.4, -0.2) is 24.7 Å². The van der Waals surface area contributed by atoms with Crippen LogP contribution >= 0.6 is 0 Å². The first-order valence-corrected chi connectivity index (χ1v) is 8.63. The van der Waals surface area contributed by atoms with Crippen molar-refractivity contribution in [2.75, 3.05) is 19.7 Å². The van der Waals surface area contributed by atoms with E-state index >= 15 is 0 Å². The maximum Gasteiger partial charge on any atom is 0.137 e. The largest absolute Gasteiger partial charge is 0.492 e. The zero-order valence-corrected chi connectivity index (χ0v) is 13.6. The third-order valence-electron chi connectivity index (χ3n) is 4.45. The van der Waals surface area contributed by atoms with Crippen LogP contribution in [0.5, 0.6) is 5.75 Å². The summed E-state index contributed by atoms with van der Waals surface area (Å²) in [5.41, 5.74) is 1.37. The van der Waals surface area contributed by atoms with Gasteiger partial charge in [0.05, 0.1) is 12.8 Å². The van der Waals surface area contributed by atoms with Gasteiger partial charge in [0.15, 0.2) is 0 Å². The molecule has 0 amide bonds. The number of nitrogens with one attached hydrogen (secondary N) is 1. The Bertz CT molecular complexity index is 408. The van der Waals surface area contributed by atoms with Crippen LogP contribution in [0.1, 0.15) is 63.9 Å². The molecular formula is C18H30N2O. The van der Waals surface area contributed by atoms with Crippen molar-refractivity contribution >= 4 is 0 Å². The van der Waals surface area contributed by atoms with Crippen molar-refractivity contribution < 1.29 is 4.74 Å². The lowest BCUT2D eigenvalue weighted by Crippen LogP contribution is -2.26. The van der Waals surface area contributed by atoms with Crippen LogP contribution in [0.15, 0.2) is 18.5 Å². The van der Waals surface area contributed by atoms with Crippen LogP contribution in [0.25, 0.3) is 0 Å². The van der Waals surface area contributed by atoms with Crippen molar-refractivity contribution in [2.45, 2.75) is 58.3 Å². The number of nitrogens with zero attached hydrogens (tertiary/aromatic N) is 1. The second-order valence-corrected chi connectivity index (χ2v) is 6.11. The summed E-state index contributed by atoms with van der Waals surface area (Å²) in [6, 6.07) is 2.22. The number of hydrogen-bond acceptors (Lipinski definition) is 3. The van der Waals surface area contributed by atoms with Gasteiger partial charge in [0.1, 0.15) is 5.75 Å². The summed E-state index contributed by atoms with van der Waals surface area (Å²) in [4.78, 5) is 4.41. The van der Waals surface area contributed by atoms with E-state index in [-0.39, 0.29) is 0 Å². The van der Waals surface area contributed by atoms with Crippen molar-refractivity contribution in [3.05, 3.63) is 24.0 Å².